The van der Waals surface area contributed by atoms with E-state index in [1.165, 1.54) is 49.4 Å². The molecule has 0 aliphatic carbocycles. The van der Waals surface area contributed by atoms with Crippen molar-refractivity contribution in [1.82, 2.24) is 9.73 Å². The van der Waals surface area contributed by atoms with E-state index >= 15 is 0 Å². The molecule has 0 aliphatic rings. The lowest BCUT2D eigenvalue weighted by Gasteiger charge is -2.21. The first-order valence-corrected chi connectivity index (χ1v) is 12.3. The molecule has 3 aromatic rings. The van der Waals surface area contributed by atoms with E-state index in [1.807, 2.05) is 0 Å². The summed E-state index contributed by atoms with van der Waals surface area (Å²) in [6.07, 6.45) is -3.76. The number of nitrogens with zero attached hydrogens (tertiary/aromatic N) is 2. The SMILES string of the molecule is CC(=O)Nc1ccc(S(=O)(=O)N(CC(=O)N/N=C\c2ccccc2C(F)(F)F)Cc2ccccc2)cc1. The van der Waals surface area contributed by atoms with E-state index in [1.54, 1.807) is 30.3 Å². The molecular formula is C25H23F3N4O4S. The van der Waals surface area contributed by atoms with Gasteiger partial charge in [-0.05, 0) is 35.9 Å². The lowest BCUT2D eigenvalue weighted by molar-refractivity contribution is -0.137. The van der Waals surface area contributed by atoms with Crippen LogP contribution in [-0.4, -0.2) is 37.3 Å². The fourth-order valence-corrected chi connectivity index (χ4v) is 4.70. The zero-order valence-corrected chi connectivity index (χ0v) is 20.4. The zero-order chi connectivity index (χ0) is 27.1. The topological polar surface area (TPSA) is 108 Å². The number of benzene rings is 3. The van der Waals surface area contributed by atoms with Gasteiger partial charge < -0.3 is 5.32 Å². The Morgan fingerprint density at radius 3 is 2.19 bits per heavy atom. The normalized spacial score (nSPS) is 12.0. The minimum absolute atomic E-state index is 0.118. The van der Waals surface area contributed by atoms with E-state index in [2.05, 4.69) is 15.8 Å². The number of rotatable bonds is 9. The second-order valence-corrected chi connectivity index (χ2v) is 9.78. The number of anilines is 1. The van der Waals surface area contributed by atoms with Gasteiger partial charge in [0.25, 0.3) is 5.91 Å². The first-order chi connectivity index (χ1) is 17.5. The average molecular weight is 533 g/mol. The Hall–Kier alpha value is -4.03. The molecule has 0 radical (unpaired) electrons. The molecule has 0 fully saturated rings. The number of alkyl halides is 3. The molecule has 0 spiro atoms. The van der Waals surface area contributed by atoms with Crippen molar-refractivity contribution in [1.29, 1.82) is 0 Å². The van der Waals surface area contributed by atoms with Crippen molar-refractivity contribution in [3.05, 3.63) is 95.6 Å². The lowest BCUT2D eigenvalue weighted by Crippen LogP contribution is -2.39. The lowest BCUT2D eigenvalue weighted by atomic mass is 10.1. The zero-order valence-electron chi connectivity index (χ0n) is 19.6. The molecule has 194 valence electrons. The predicted molar refractivity (Wildman–Crippen MR) is 132 cm³/mol. The van der Waals surface area contributed by atoms with Crippen LogP contribution in [0.3, 0.4) is 0 Å². The van der Waals surface area contributed by atoms with Crippen LogP contribution in [0.25, 0.3) is 0 Å². The molecule has 8 nitrogen and oxygen atoms in total. The van der Waals surface area contributed by atoms with Gasteiger partial charge in [0.1, 0.15) is 0 Å². The van der Waals surface area contributed by atoms with Gasteiger partial charge in [0.2, 0.25) is 15.9 Å². The number of carbonyl (C=O) groups excluding carboxylic acids is 2. The number of carbonyl (C=O) groups is 2. The van der Waals surface area contributed by atoms with E-state index < -0.39 is 34.2 Å². The Morgan fingerprint density at radius 2 is 1.57 bits per heavy atom. The van der Waals surface area contributed by atoms with E-state index in [-0.39, 0.29) is 22.9 Å². The van der Waals surface area contributed by atoms with Gasteiger partial charge in [-0.25, -0.2) is 13.8 Å². The highest BCUT2D eigenvalue weighted by Crippen LogP contribution is 2.31. The van der Waals surface area contributed by atoms with Crippen molar-refractivity contribution in [2.45, 2.75) is 24.5 Å². The Bertz CT molecular complexity index is 1380. The fourth-order valence-electron chi connectivity index (χ4n) is 3.31. The maximum absolute atomic E-state index is 13.4. The smallest absolute Gasteiger partial charge is 0.326 e. The maximum atomic E-state index is 13.4. The molecule has 0 saturated heterocycles. The Labute approximate surface area is 211 Å². The van der Waals surface area contributed by atoms with Crippen molar-refractivity contribution in [2.75, 3.05) is 11.9 Å². The molecule has 2 N–H and O–H groups in total. The molecule has 0 saturated carbocycles. The van der Waals surface area contributed by atoms with Crippen LogP contribution in [-0.2, 0) is 32.3 Å². The Morgan fingerprint density at radius 1 is 0.946 bits per heavy atom. The van der Waals surface area contributed by atoms with Crippen LogP contribution in [0.1, 0.15) is 23.6 Å². The molecule has 2 amide bonds. The van der Waals surface area contributed by atoms with Gasteiger partial charge in [0, 0.05) is 24.7 Å². The molecule has 0 heterocycles. The number of halogens is 3. The summed E-state index contributed by atoms with van der Waals surface area (Å²) < 4.78 is 67.1. The number of hydrogen-bond acceptors (Lipinski definition) is 5. The molecule has 0 atom stereocenters. The summed E-state index contributed by atoms with van der Waals surface area (Å²) in [4.78, 5) is 23.7. The van der Waals surface area contributed by atoms with Crippen LogP contribution in [0, 0.1) is 0 Å². The van der Waals surface area contributed by atoms with Crippen LogP contribution >= 0.6 is 0 Å². The van der Waals surface area contributed by atoms with Crippen molar-refractivity contribution in [2.24, 2.45) is 5.10 Å². The number of hydrogen-bond donors (Lipinski definition) is 2. The highest BCUT2D eigenvalue weighted by Gasteiger charge is 2.32. The van der Waals surface area contributed by atoms with Gasteiger partial charge in [-0.2, -0.15) is 22.6 Å². The first kappa shape index (κ1) is 27.6. The van der Waals surface area contributed by atoms with Gasteiger partial charge in [0.15, 0.2) is 0 Å². The molecule has 0 bridgehead atoms. The van der Waals surface area contributed by atoms with E-state index in [0.29, 0.717) is 11.3 Å². The molecular weight excluding hydrogens is 509 g/mol. The van der Waals surface area contributed by atoms with Gasteiger partial charge in [-0.15, -0.1) is 0 Å². The van der Waals surface area contributed by atoms with Crippen molar-refractivity contribution in [3.63, 3.8) is 0 Å². The van der Waals surface area contributed by atoms with Gasteiger partial charge >= 0.3 is 6.18 Å². The van der Waals surface area contributed by atoms with Crippen molar-refractivity contribution >= 4 is 33.7 Å². The second kappa shape index (κ2) is 11.8. The van der Waals surface area contributed by atoms with Crippen LogP contribution in [0.5, 0.6) is 0 Å². The van der Waals surface area contributed by atoms with Crippen molar-refractivity contribution < 1.29 is 31.2 Å². The predicted octanol–water partition coefficient (Wildman–Crippen LogP) is 4.01. The van der Waals surface area contributed by atoms with Gasteiger partial charge in [-0.1, -0.05) is 48.5 Å². The summed E-state index contributed by atoms with van der Waals surface area (Å²) in [6, 6.07) is 18.7. The van der Waals surface area contributed by atoms with E-state index in [9.17, 15) is 31.2 Å². The molecule has 0 unspecified atom stereocenters. The Balaban J connectivity index is 1.80. The summed E-state index contributed by atoms with van der Waals surface area (Å²) in [5.74, 6) is -1.17. The standard InChI is InChI=1S/C25H23F3N4O4S/c1-18(33)30-21-11-13-22(14-12-21)37(35,36)32(16-19-7-3-2-4-8-19)17-24(34)31-29-15-20-9-5-6-10-23(20)25(26,27)28/h2-15H,16-17H2,1H3,(H,30,33)(H,31,34)/b29-15-. The van der Waals surface area contributed by atoms with Crippen LogP contribution in [0.2, 0.25) is 0 Å². The average Bonchev–Trinajstić information content (AvgIpc) is 2.84. The molecule has 3 aromatic carbocycles. The van der Waals surface area contributed by atoms with Crippen LogP contribution < -0.4 is 10.7 Å². The minimum Gasteiger partial charge on any atom is -0.326 e. The highest BCUT2D eigenvalue weighted by atomic mass is 32.2. The van der Waals surface area contributed by atoms with Crippen LogP contribution in [0.15, 0.2) is 88.9 Å². The highest BCUT2D eigenvalue weighted by molar-refractivity contribution is 7.89. The maximum Gasteiger partial charge on any atom is 0.417 e. The summed E-state index contributed by atoms with van der Waals surface area (Å²) in [5, 5.41) is 6.12. The monoisotopic (exact) mass is 532 g/mol. The number of sulfonamides is 1. The van der Waals surface area contributed by atoms with Crippen LogP contribution in [0.4, 0.5) is 18.9 Å². The summed E-state index contributed by atoms with van der Waals surface area (Å²) in [5.41, 5.74) is 1.91. The second-order valence-electron chi connectivity index (χ2n) is 7.84. The molecule has 12 heteroatoms. The summed E-state index contributed by atoms with van der Waals surface area (Å²) in [6.45, 7) is 0.517. The molecule has 3 rings (SSSR count). The number of hydrazone groups is 1. The third-order valence-corrected chi connectivity index (χ3v) is 6.80. The largest absolute Gasteiger partial charge is 0.417 e. The first-order valence-electron chi connectivity index (χ1n) is 10.9. The van der Waals surface area contributed by atoms with Gasteiger partial charge in [0.05, 0.1) is 23.2 Å². The van der Waals surface area contributed by atoms with E-state index in [4.69, 9.17) is 0 Å². The summed E-state index contributed by atoms with van der Waals surface area (Å²) in [7, 11) is -4.18. The summed E-state index contributed by atoms with van der Waals surface area (Å²) >= 11 is 0. The fraction of sp³-hybridized carbons (Fsp3) is 0.160. The van der Waals surface area contributed by atoms with Gasteiger partial charge in [-0.3, -0.25) is 9.59 Å². The third-order valence-electron chi connectivity index (χ3n) is 4.99. The molecule has 37 heavy (non-hydrogen) atoms. The molecule has 0 aliphatic heterocycles. The quantitative estimate of drug-likeness (QED) is 0.321. The van der Waals surface area contributed by atoms with E-state index in [0.717, 1.165) is 16.6 Å². The number of amides is 2. The third kappa shape index (κ3) is 7.72. The minimum atomic E-state index is -4.61. The molecule has 0 aromatic heterocycles. The Kier molecular flexibility index (Phi) is 8.79. The van der Waals surface area contributed by atoms with Crippen molar-refractivity contribution in [3.8, 4) is 0 Å². The number of nitrogens with one attached hydrogen (secondary N) is 2.